The lowest BCUT2D eigenvalue weighted by molar-refractivity contribution is 0.476. The number of phenols is 1. The van der Waals surface area contributed by atoms with Crippen LogP contribution in [0.4, 0.5) is 0 Å². The quantitative estimate of drug-likeness (QED) is 0.825. The summed E-state index contributed by atoms with van der Waals surface area (Å²) in [6, 6.07) is 5.98. The van der Waals surface area contributed by atoms with E-state index in [2.05, 4.69) is 10.4 Å². The number of rotatable bonds is 2. The van der Waals surface area contributed by atoms with Gasteiger partial charge in [-0.3, -0.25) is 4.68 Å². The Morgan fingerprint density at radius 1 is 1.53 bits per heavy atom. The predicted molar refractivity (Wildman–Crippen MR) is 67.1 cm³/mol. The molecule has 1 aliphatic heterocycles. The minimum Gasteiger partial charge on any atom is -0.508 e. The van der Waals surface area contributed by atoms with Gasteiger partial charge in [0.15, 0.2) is 0 Å². The average molecular weight is 231 g/mol. The second-order valence-corrected chi connectivity index (χ2v) is 4.77. The van der Waals surface area contributed by atoms with Gasteiger partial charge in [0.1, 0.15) is 5.75 Å². The molecule has 90 valence electrons. The first-order valence-corrected chi connectivity index (χ1v) is 6.12. The molecule has 0 saturated carbocycles. The first-order chi connectivity index (χ1) is 8.24. The number of nitrogens with one attached hydrogen (secondary N) is 1. The molecule has 1 saturated heterocycles. The monoisotopic (exact) mass is 231 g/mol. The largest absolute Gasteiger partial charge is 0.508 e. The Morgan fingerprint density at radius 3 is 3.18 bits per heavy atom. The second kappa shape index (κ2) is 4.04. The summed E-state index contributed by atoms with van der Waals surface area (Å²) >= 11 is 0. The van der Waals surface area contributed by atoms with Crippen molar-refractivity contribution in [1.82, 2.24) is 15.1 Å². The van der Waals surface area contributed by atoms with Crippen LogP contribution < -0.4 is 5.32 Å². The van der Waals surface area contributed by atoms with E-state index >= 15 is 0 Å². The van der Waals surface area contributed by atoms with Crippen LogP contribution in [0.2, 0.25) is 0 Å². The summed E-state index contributed by atoms with van der Waals surface area (Å²) in [5, 5.41) is 18.7. The Hall–Kier alpha value is -1.55. The Labute approximate surface area is 100 Å². The molecule has 0 aliphatic carbocycles. The highest BCUT2D eigenvalue weighted by Crippen LogP contribution is 2.24. The standard InChI is InChI=1S/C13H17N3O/c1-16-13-5-4-10(17)8-11(13)12(15-16)7-9-3-2-6-14-9/h4-5,8-9,14,17H,2-3,6-7H2,1H3. The molecule has 17 heavy (non-hydrogen) atoms. The van der Waals surface area contributed by atoms with Crippen LogP contribution in [0, 0.1) is 0 Å². The molecule has 3 rings (SSSR count). The van der Waals surface area contributed by atoms with E-state index < -0.39 is 0 Å². The van der Waals surface area contributed by atoms with Crippen molar-refractivity contribution < 1.29 is 5.11 Å². The maximum atomic E-state index is 9.57. The Kier molecular flexibility index (Phi) is 2.52. The van der Waals surface area contributed by atoms with Gasteiger partial charge < -0.3 is 10.4 Å². The number of nitrogens with zero attached hydrogens (tertiary/aromatic N) is 2. The molecule has 1 aliphatic rings. The van der Waals surface area contributed by atoms with E-state index in [-0.39, 0.29) is 0 Å². The molecule has 1 atom stereocenters. The summed E-state index contributed by atoms with van der Waals surface area (Å²) in [6.07, 6.45) is 3.42. The zero-order valence-corrected chi connectivity index (χ0v) is 9.98. The van der Waals surface area contributed by atoms with E-state index in [0.717, 1.165) is 29.6 Å². The van der Waals surface area contributed by atoms with Crippen LogP contribution in [0.5, 0.6) is 5.75 Å². The molecule has 0 spiro atoms. The van der Waals surface area contributed by atoms with E-state index in [1.165, 1.54) is 12.8 Å². The van der Waals surface area contributed by atoms with Gasteiger partial charge in [0.25, 0.3) is 0 Å². The molecule has 1 aromatic heterocycles. The minimum absolute atomic E-state index is 0.311. The van der Waals surface area contributed by atoms with Gasteiger partial charge in [0, 0.05) is 24.9 Å². The van der Waals surface area contributed by atoms with E-state index in [1.807, 2.05) is 23.9 Å². The van der Waals surface area contributed by atoms with Gasteiger partial charge in [-0.25, -0.2) is 0 Å². The number of aryl methyl sites for hydroxylation is 1. The first kappa shape index (κ1) is 10.6. The fourth-order valence-electron chi connectivity index (χ4n) is 2.64. The highest BCUT2D eigenvalue weighted by atomic mass is 16.3. The van der Waals surface area contributed by atoms with Gasteiger partial charge in [0.05, 0.1) is 11.2 Å². The summed E-state index contributed by atoms with van der Waals surface area (Å²) < 4.78 is 1.89. The lowest BCUT2D eigenvalue weighted by atomic mass is 10.1. The molecule has 1 unspecified atom stereocenters. The van der Waals surface area contributed by atoms with Crippen LogP contribution >= 0.6 is 0 Å². The van der Waals surface area contributed by atoms with Gasteiger partial charge >= 0.3 is 0 Å². The van der Waals surface area contributed by atoms with Crippen molar-refractivity contribution in [2.75, 3.05) is 6.54 Å². The lowest BCUT2D eigenvalue weighted by Gasteiger charge is -2.07. The fraction of sp³-hybridized carbons (Fsp3) is 0.462. The molecule has 4 nitrogen and oxygen atoms in total. The van der Waals surface area contributed by atoms with Gasteiger partial charge in [0.2, 0.25) is 0 Å². The smallest absolute Gasteiger partial charge is 0.116 e. The van der Waals surface area contributed by atoms with Gasteiger partial charge in [-0.15, -0.1) is 0 Å². The molecular weight excluding hydrogens is 214 g/mol. The Morgan fingerprint density at radius 2 is 2.41 bits per heavy atom. The third-order valence-corrected chi connectivity index (χ3v) is 3.51. The molecule has 2 N–H and O–H groups in total. The van der Waals surface area contributed by atoms with Gasteiger partial charge in [-0.2, -0.15) is 5.10 Å². The number of phenolic OH excluding ortho intramolecular Hbond substituents is 1. The molecule has 1 fully saturated rings. The highest BCUT2D eigenvalue weighted by Gasteiger charge is 2.18. The number of aromatic nitrogens is 2. The number of hydrogen-bond acceptors (Lipinski definition) is 3. The number of fused-ring (bicyclic) bond motifs is 1. The summed E-state index contributed by atoms with van der Waals surface area (Å²) in [7, 11) is 1.95. The maximum absolute atomic E-state index is 9.57. The number of benzene rings is 1. The van der Waals surface area contributed by atoms with Crippen molar-refractivity contribution in [1.29, 1.82) is 0 Å². The van der Waals surface area contributed by atoms with Crippen molar-refractivity contribution in [3.63, 3.8) is 0 Å². The third-order valence-electron chi connectivity index (χ3n) is 3.51. The Balaban J connectivity index is 2.00. The Bertz CT molecular complexity index is 541. The van der Waals surface area contributed by atoms with Crippen LogP contribution in [-0.2, 0) is 13.5 Å². The summed E-state index contributed by atoms with van der Waals surface area (Å²) in [5.41, 5.74) is 2.16. The second-order valence-electron chi connectivity index (χ2n) is 4.77. The average Bonchev–Trinajstić information content (AvgIpc) is 2.89. The normalized spacial score (nSPS) is 20.2. The summed E-state index contributed by atoms with van der Waals surface area (Å²) in [4.78, 5) is 0. The van der Waals surface area contributed by atoms with Crippen LogP contribution in [0.15, 0.2) is 18.2 Å². The molecule has 0 bridgehead atoms. The molecule has 0 amide bonds. The van der Waals surface area contributed by atoms with E-state index in [9.17, 15) is 5.11 Å². The molecule has 4 heteroatoms. The summed E-state index contributed by atoms with van der Waals surface area (Å²) in [5.74, 6) is 0.311. The zero-order valence-electron chi connectivity index (χ0n) is 9.98. The van der Waals surface area contributed by atoms with Crippen molar-refractivity contribution in [2.24, 2.45) is 7.05 Å². The van der Waals surface area contributed by atoms with Gasteiger partial charge in [-0.05, 0) is 37.6 Å². The number of hydrogen-bond donors (Lipinski definition) is 2. The molecule has 0 radical (unpaired) electrons. The molecule has 2 heterocycles. The van der Waals surface area contributed by atoms with E-state index in [0.29, 0.717) is 11.8 Å². The molecular formula is C13H17N3O. The van der Waals surface area contributed by atoms with Crippen molar-refractivity contribution in [3.8, 4) is 5.75 Å². The number of aromatic hydroxyl groups is 1. The first-order valence-electron chi connectivity index (χ1n) is 6.12. The zero-order chi connectivity index (χ0) is 11.8. The topological polar surface area (TPSA) is 50.1 Å². The van der Waals surface area contributed by atoms with E-state index in [1.54, 1.807) is 6.07 Å². The minimum atomic E-state index is 0.311. The molecule has 1 aromatic carbocycles. The highest BCUT2D eigenvalue weighted by molar-refractivity contribution is 5.83. The van der Waals surface area contributed by atoms with E-state index in [4.69, 9.17) is 0 Å². The third kappa shape index (κ3) is 1.89. The molecule has 2 aromatic rings. The van der Waals surface area contributed by atoms with Crippen molar-refractivity contribution in [2.45, 2.75) is 25.3 Å². The SMILES string of the molecule is Cn1nc(CC2CCCN2)c2cc(O)ccc21. The fourth-order valence-corrected chi connectivity index (χ4v) is 2.64. The van der Waals surface area contributed by atoms with Crippen LogP contribution in [-0.4, -0.2) is 27.5 Å². The van der Waals surface area contributed by atoms with Crippen molar-refractivity contribution in [3.05, 3.63) is 23.9 Å². The van der Waals surface area contributed by atoms with Crippen LogP contribution in [0.3, 0.4) is 0 Å². The van der Waals surface area contributed by atoms with Crippen LogP contribution in [0.25, 0.3) is 10.9 Å². The lowest BCUT2D eigenvalue weighted by Crippen LogP contribution is -2.23. The maximum Gasteiger partial charge on any atom is 0.116 e. The summed E-state index contributed by atoms with van der Waals surface area (Å²) in [6.45, 7) is 1.11. The predicted octanol–water partition coefficient (Wildman–Crippen LogP) is 1.57. The van der Waals surface area contributed by atoms with Crippen molar-refractivity contribution >= 4 is 10.9 Å². The van der Waals surface area contributed by atoms with Crippen LogP contribution in [0.1, 0.15) is 18.5 Å². The van der Waals surface area contributed by atoms with Gasteiger partial charge in [-0.1, -0.05) is 0 Å².